The van der Waals surface area contributed by atoms with Gasteiger partial charge in [-0.25, -0.2) is 5.01 Å². The Kier molecular flexibility index (Phi) is 6.06. The number of nitrogens with zero attached hydrogens (tertiary/aromatic N) is 3. The Labute approximate surface area is 193 Å². The van der Waals surface area contributed by atoms with Gasteiger partial charge in [0.1, 0.15) is 12.1 Å². The molecule has 0 N–H and O–H groups in total. The fraction of sp³-hybridized carbons (Fsp3) is 0.217. The van der Waals surface area contributed by atoms with Crippen LogP contribution in [0.15, 0.2) is 60.7 Å². The van der Waals surface area contributed by atoms with Crippen LogP contribution in [0.4, 0.5) is 5.69 Å². The van der Waals surface area contributed by atoms with Gasteiger partial charge in [-0.1, -0.05) is 35.9 Å². The maximum Gasteiger partial charge on any atom is 0.282 e. The molecule has 2 atom stereocenters. The van der Waals surface area contributed by atoms with E-state index in [1.54, 1.807) is 12.2 Å². The van der Waals surface area contributed by atoms with E-state index in [9.17, 15) is 29.3 Å². The summed E-state index contributed by atoms with van der Waals surface area (Å²) in [4.78, 5) is 63.4. The highest BCUT2D eigenvalue weighted by atomic mass is 35.5. The minimum Gasteiger partial charge on any atom is -0.292 e. The van der Waals surface area contributed by atoms with E-state index in [1.807, 2.05) is 0 Å². The lowest BCUT2D eigenvalue weighted by Crippen LogP contribution is -2.52. The standard InChI is InChI=1S/C23H18ClN3O6/c24-15-11-9-14(10-12-15)20(28)13-25(21(29)18-7-3-4-8-19(18)27(32)33)26-22(30)16-5-1-2-6-17(16)23(26)31/h1-4,7-12,16-17H,5-6,13H2/t16-,17-/m1/s1. The third kappa shape index (κ3) is 4.14. The van der Waals surface area contributed by atoms with Crippen molar-refractivity contribution in [3.63, 3.8) is 0 Å². The zero-order valence-corrected chi connectivity index (χ0v) is 18.0. The molecule has 0 saturated carbocycles. The Morgan fingerprint density at radius 1 is 1.00 bits per heavy atom. The lowest BCUT2D eigenvalue weighted by molar-refractivity contribution is -0.385. The van der Waals surface area contributed by atoms with Crippen molar-refractivity contribution in [1.82, 2.24) is 10.0 Å². The summed E-state index contributed by atoms with van der Waals surface area (Å²) in [6.07, 6.45) is 4.26. The highest BCUT2D eigenvalue weighted by molar-refractivity contribution is 6.30. The molecule has 0 bridgehead atoms. The van der Waals surface area contributed by atoms with Crippen molar-refractivity contribution in [2.75, 3.05) is 6.54 Å². The van der Waals surface area contributed by atoms with Gasteiger partial charge in [-0.2, -0.15) is 5.01 Å². The smallest absolute Gasteiger partial charge is 0.282 e. The van der Waals surface area contributed by atoms with Gasteiger partial charge in [0.05, 0.1) is 16.8 Å². The second-order valence-electron chi connectivity index (χ2n) is 7.71. The topological polar surface area (TPSA) is 118 Å². The quantitative estimate of drug-likeness (QED) is 0.211. The number of hydrazine groups is 1. The van der Waals surface area contributed by atoms with Crippen molar-refractivity contribution in [1.29, 1.82) is 0 Å². The number of rotatable bonds is 6. The predicted molar refractivity (Wildman–Crippen MR) is 117 cm³/mol. The third-order valence-electron chi connectivity index (χ3n) is 5.75. The summed E-state index contributed by atoms with van der Waals surface area (Å²) in [5, 5.41) is 13.3. The van der Waals surface area contributed by atoms with E-state index in [-0.39, 0.29) is 11.1 Å². The van der Waals surface area contributed by atoms with E-state index in [4.69, 9.17) is 11.6 Å². The summed E-state index contributed by atoms with van der Waals surface area (Å²) in [5.41, 5.74) is -0.623. The van der Waals surface area contributed by atoms with Gasteiger partial charge in [0.15, 0.2) is 5.78 Å². The van der Waals surface area contributed by atoms with Gasteiger partial charge in [0, 0.05) is 16.7 Å². The van der Waals surface area contributed by atoms with Crippen LogP contribution in [0.3, 0.4) is 0 Å². The van der Waals surface area contributed by atoms with E-state index in [2.05, 4.69) is 0 Å². The Morgan fingerprint density at radius 2 is 1.58 bits per heavy atom. The van der Waals surface area contributed by atoms with Crippen molar-refractivity contribution >= 4 is 40.8 Å². The SMILES string of the molecule is O=C(CN(C(=O)c1ccccc1[N+](=O)[O-])N1C(=O)[C@@H]2CC=CC[C@H]2C1=O)c1ccc(Cl)cc1. The molecule has 2 aromatic rings. The first kappa shape index (κ1) is 22.3. The van der Waals surface area contributed by atoms with Gasteiger partial charge >= 0.3 is 0 Å². The highest BCUT2D eigenvalue weighted by Gasteiger charge is 2.51. The molecule has 0 unspecified atom stereocenters. The van der Waals surface area contributed by atoms with Crippen LogP contribution >= 0.6 is 11.6 Å². The lowest BCUT2D eigenvalue weighted by Gasteiger charge is -2.30. The molecule has 3 amide bonds. The molecule has 9 nitrogen and oxygen atoms in total. The molecule has 1 aliphatic carbocycles. The van der Waals surface area contributed by atoms with Crippen LogP contribution in [0.2, 0.25) is 5.02 Å². The van der Waals surface area contributed by atoms with Crippen LogP contribution in [0.25, 0.3) is 0 Å². The molecule has 1 heterocycles. The van der Waals surface area contributed by atoms with Gasteiger partial charge in [0.2, 0.25) is 0 Å². The lowest BCUT2D eigenvalue weighted by atomic mass is 9.85. The van der Waals surface area contributed by atoms with Crippen molar-refractivity contribution in [3.05, 3.63) is 86.9 Å². The summed E-state index contributed by atoms with van der Waals surface area (Å²) in [7, 11) is 0. The highest BCUT2D eigenvalue weighted by Crippen LogP contribution is 2.36. The summed E-state index contributed by atoms with van der Waals surface area (Å²) < 4.78 is 0. The van der Waals surface area contributed by atoms with Gasteiger partial charge in [-0.3, -0.25) is 29.3 Å². The normalized spacial score (nSPS) is 19.4. The number of nitro benzene ring substituents is 1. The van der Waals surface area contributed by atoms with E-state index >= 15 is 0 Å². The second kappa shape index (κ2) is 8.95. The van der Waals surface area contributed by atoms with Crippen LogP contribution in [-0.2, 0) is 9.59 Å². The van der Waals surface area contributed by atoms with E-state index in [0.717, 1.165) is 11.1 Å². The van der Waals surface area contributed by atoms with Gasteiger partial charge < -0.3 is 0 Å². The molecule has 10 heteroatoms. The van der Waals surface area contributed by atoms with Crippen LogP contribution < -0.4 is 0 Å². The third-order valence-corrected chi connectivity index (χ3v) is 6.00. The van der Waals surface area contributed by atoms with Gasteiger partial charge in [-0.15, -0.1) is 0 Å². The monoisotopic (exact) mass is 467 g/mol. The molecule has 4 rings (SSSR count). The van der Waals surface area contributed by atoms with E-state index in [1.165, 1.54) is 42.5 Å². The number of amides is 3. The average molecular weight is 468 g/mol. The number of halogens is 1. The largest absolute Gasteiger partial charge is 0.292 e. The number of para-hydroxylation sites is 1. The molecule has 2 aromatic carbocycles. The Morgan fingerprint density at radius 3 is 2.15 bits per heavy atom. The van der Waals surface area contributed by atoms with Crippen molar-refractivity contribution in [2.24, 2.45) is 11.8 Å². The van der Waals surface area contributed by atoms with Crippen LogP contribution in [0, 0.1) is 22.0 Å². The number of benzene rings is 2. The number of hydrogen-bond donors (Lipinski definition) is 0. The number of ketones is 1. The van der Waals surface area contributed by atoms with Crippen molar-refractivity contribution in [3.8, 4) is 0 Å². The number of imide groups is 1. The first-order valence-electron chi connectivity index (χ1n) is 10.2. The molecular formula is C23H18ClN3O6. The van der Waals surface area contributed by atoms with Crippen LogP contribution in [0.5, 0.6) is 0 Å². The van der Waals surface area contributed by atoms with Gasteiger partial charge in [-0.05, 0) is 43.2 Å². The fourth-order valence-electron chi connectivity index (χ4n) is 4.07. The second-order valence-corrected chi connectivity index (χ2v) is 8.15. The van der Waals surface area contributed by atoms with Crippen LogP contribution in [0.1, 0.15) is 33.6 Å². The fourth-order valence-corrected chi connectivity index (χ4v) is 4.20. The van der Waals surface area contributed by atoms with Crippen LogP contribution in [-0.4, -0.2) is 45.0 Å². The number of fused-ring (bicyclic) bond motifs is 1. The number of allylic oxidation sites excluding steroid dienone is 2. The molecular weight excluding hydrogens is 450 g/mol. The molecule has 1 saturated heterocycles. The molecule has 0 aromatic heterocycles. The summed E-state index contributed by atoms with van der Waals surface area (Å²) in [5.74, 6) is -4.05. The molecule has 0 spiro atoms. The minimum absolute atomic E-state index is 0.206. The minimum atomic E-state index is -0.988. The predicted octanol–water partition coefficient (Wildman–Crippen LogP) is 3.44. The Balaban J connectivity index is 1.74. The maximum absolute atomic E-state index is 13.5. The molecule has 1 aliphatic heterocycles. The van der Waals surface area contributed by atoms with E-state index in [0.29, 0.717) is 22.9 Å². The molecule has 2 aliphatic rings. The molecule has 0 radical (unpaired) electrons. The number of hydrogen-bond acceptors (Lipinski definition) is 6. The number of nitro groups is 1. The van der Waals surface area contributed by atoms with Crippen molar-refractivity contribution < 1.29 is 24.1 Å². The summed E-state index contributed by atoms with van der Waals surface area (Å²) in [6, 6.07) is 11.1. The average Bonchev–Trinajstić information content (AvgIpc) is 3.07. The molecule has 33 heavy (non-hydrogen) atoms. The first-order valence-corrected chi connectivity index (χ1v) is 10.5. The Bertz CT molecular complexity index is 1170. The number of carbonyl (C=O) groups excluding carboxylic acids is 4. The zero-order chi connectivity index (χ0) is 23.7. The summed E-state index contributed by atoms with van der Waals surface area (Å²) >= 11 is 5.87. The van der Waals surface area contributed by atoms with Gasteiger partial charge in [0.25, 0.3) is 23.4 Å². The van der Waals surface area contributed by atoms with Crippen molar-refractivity contribution in [2.45, 2.75) is 12.8 Å². The number of carbonyl (C=O) groups is 4. The maximum atomic E-state index is 13.5. The zero-order valence-electron chi connectivity index (χ0n) is 17.2. The summed E-state index contributed by atoms with van der Waals surface area (Å²) in [6.45, 7) is -0.656. The number of Topliss-reactive ketones (excluding diaryl/α,β-unsaturated/α-hetero) is 1. The molecule has 168 valence electrons. The first-order chi connectivity index (χ1) is 15.8. The van der Waals surface area contributed by atoms with E-state index < -0.39 is 52.5 Å². The molecule has 1 fully saturated rings. The Hall–Kier alpha value is -3.85.